The van der Waals surface area contributed by atoms with Gasteiger partial charge >= 0.3 is 12.1 Å². The SMILES string of the molecule is Cn1c(-c2ccccc2)nc2c([C@H](Nc3ccccc3C(=O)O)C(F)(F)F)cc(Cl)cc2c1=O. The van der Waals surface area contributed by atoms with Crippen LogP contribution in [0.25, 0.3) is 22.3 Å². The van der Waals surface area contributed by atoms with Crippen LogP contribution < -0.4 is 10.9 Å². The Morgan fingerprint density at radius 3 is 2.38 bits per heavy atom. The maximum Gasteiger partial charge on any atom is 0.412 e. The number of anilines is 1. The normalized spacial score (nSPS) is 12.5. The Bertz CT molecular complexity index is 1450. The molecule has 10 heteroatoms. The third-order valence-electron chi connectivity index (χ3n) is 5.30. The minimum Gasteiger partial charge on any atom is -0.478 e. The third-order valence-corrected chi connectivity index (χ3v) is 5.52. The molecule has 0 fully saturated rings. The van der Waals surface area contributed by atoms with Gasteiger partial charge in [-0.05, 0) is 24.3 Å². The molecule has 0 aliphatic heterocycles. The van der Waals surface area contributed by atoms with Gasteiger partial charge in [-0.1, -0.05) is 54.1 Å². The van der Waals surface area contributed by atoms with Gasteiger partial charge in [0.25, 0.3) is 5.56 Å². The highest BCUT2D eigenvalue weighted by molar-refractivity contribution is 6.31. The Morgan fingerprint density at radius 2 is 1.74 bits per heavy atom. The Labute approximate surface area is 196 Å². The number of nitrogens with one attached hydrogen (secondary N) is 1. The van der Waals surface area contributed by atoms with Crippen LogP contribution in [0.15, 0.2) is 71.5 Å². The second-order valence-corrected chi connectivity index (χ2v) is 7.96. The zero-order valence-electron chi connectivity index (χ0n) is 17.6. The molecule has 1 atom stereocenters. The number of hydrogen-bond acceptors (Lipinski definition) is 4. The van der Waals surface area contributed by atoms with Crippen molar-refractivity contribution in [3.63, 3.8) is 0 Å². The number of carboxylic acid groups (broad SMARTS) is 1. The molecule has 3 aromatic carbocycles. The number of benzene rings is 3. The van der Waals surface area contributed by atoms with E-state index in [0.717, 1.165) is 6.07 Å². The van der Waals surface area contributed by atoms with Crippen LogP contribution >= 0.6 is 11.6 Å². The van der Waals surface area contributed by atoms with Gasteiger partial charge in [-0.3, -0.25) is 9.36 Å². The number of halogens is 4. The van der Waals surface area contributed by atoms with Crippen molar-refractivity contribution in [1.82, 2.24) is 9.55 Å². The lowest BCUT2D eigenvalue weighted by molar-refractivity contribution is -0.143. The van der Waals surface area contributed by atoms with E-state index >= 15 is 0 Å². The van der Waals surface area contributed by atoms with Gasteiger partial charge in [0.05, 0.1) is 16.5 Å². The topological polar surface area (TPSA) is 84.2 Å². The van der Waals surface area contributed by atoms with E-state index in [2.05, 4.69) is 10.3 Å². The fourth-order valence-electron chi connectivity index (χ4n) is 3.72. The zero-order valence-corrected chi connectivity index (χ0v) is 18.4. The number of rotatable bonds is 5. The van der Waals surface area contributed by atoms with Gasteiger partial charge < -0.3 is 10.4 Å². The first-order chi connectivity index (χ1) is 16.1. The standard InChI is InChI=1S/C24H17ClF3N3O3/c1-31-21(13-7-3-2-4-8-13)30-19-16(11-14(25)12-17(19)22(31)32)20(24(26,27)28)29-18-10-6-5-9-15(18)23(33)34/h2-12,20,29H,1H3,(H,33,34)/t20-/m0/s1. The average molecular weight is 488 g/mol. The summed E-state index contributed by atoms with van der Waals surface area (Å²) in [6.45, 7) is 0. The summed E-state index contributed by atoms with van der Waals surface area (Å²) in [6.07, 6.45) is -4.88. The lowest BCUT2D eigenvalue weighted by atomic mass is 10.0. The molecular weight excluding hydrogens is 471 g/mol. The van der Waals surface area contributed by atoms with Crippen molar-refractivity contribution < 1.29 is 23.1 Å². The van der Waals surface area contributed by atoms with Crippen molar-refractivity contribution in [2.24, 2.45) is 7.05 Å². The Morgan fingerprint density at radius 1 is 1.09 bits per heavy atom. The fourth-order valence-corrected chi connectivity index (χ4v) is 3.94. The highest BCUT2D eigenvalue weighted by Gasteiger charge is 2.43. The van der Waals surface area contributed by atoms with Crippen molar-refractivity contribution in [2.75, 3.05) is 5.32 Å². The van der Waals surface area contributed by atoms with E-state index in [4.69, 9.17) is 11.6 Å². The molecule has 0 aliphatic rings. The average Bonchev–Trinajstić information content (AvgIpc) is 2.79. The van der Waals surface area contributed by atoms with Gasteiger partial charge in [0, 0.05) is 28.9 Å². The number of hydrogen-bond donors (Lipinski definition) is 2. The Hall–Kier alpha value is -3.85. The van der Waals surface area contributed by atoms with Crippen molar-refractivity contribution in [3.05, 3.63) is 93.2 Å². The largest absolute Gasteiger partial charge is 0.478 e. The number of para-hydroxylation sites is 1. The predicted molar refractivity (Wildman–Crippen MR) is 123 cm³/mol. The van der Waals surface area contributed by atoms with Crippen LogP contribution in [0.4, 0.5) is 18.9 Å². The maximum absolute atomic E-state index is 14.3. The molecule has 6 nitrogen and oxygen atoms in total. The molecule has 0 saturated carbocycles. The summed E-state index contributed by atoms with van der Waals surface area (Å²) in [5.41, 5.74) is -1.19. The van der Waals surface area contributed by atoms with Gasteiger partial charge in [-0.2, -0.15) is 13.2 Å². The molecule has 4 rings (SSSR count). The van der Waals surface area contributed by atoms with E-state index in [9.17, 15) is 27.9 Å². The molecule has 0 amide bonds. The minimum absolute atomic E-state index is 0.0866. The number of carbonyl (C=O) groups is 1. The van der Waals surface area contributed by atoms with Crippen molar-refractivity contribution in [1.29, 1.82) is 0 Å². The Balaban J connectivity index is 2.00. The first-order valence-electron chi connectivity index (χ1n) is 9.99. The first-order valence-corrected chi connectivity index (χ1v) is 10.4. The summed E-state index contributed by atoms with van der Waals surface area (Å²) in [5, 5.41) is 11.5. The van der Waals surface area contributed by atoms with Gasteiger partial charge in [-0.25, -0.2) is 9.78 Å². The second-order valence-electron chi connectivity index (χ2n) is 7.53. The van der Waals surface area contributed by atoms with Crippen molar-refractivity contribution >= 4 is 34.2 Å². The summed E-state index contributed by atoms with van der Waals surface area (Å²) in [7, 11) is 1.47. The maximum atomic E-state index is 14.3. The van der Waals surface area contributed by atoms with E-state index in [1.54, 1.807) is 30.3 Å². The fraction of sp³-hybridized carbons (Fsp3) is 0.125. The molecule has 1 heterocycles. The van der Waals surface area contributed by atoms with Gasteiger partial charge in [0.1, 0.15) is 5.82 Å². The number of aromatic carboxylic acids is 1. The molecule has 0 bridgehead atoms. The van der Waals surface area contributed by atoms with Crippen molar-refractivity contribution in [3.8, 4) is 11.4 Å². The lowest BCUT2D eigenvalue weighted by Gasteiger charge is -2.25. The van der Waals surface area contributed by atoms with Crippen molar-refractivity contribution in [2.45, 2.75) is 12.2 Å². The second kappa shape index (κ2) is 8.83. The summed E-state index contributed by atoms with van der Waals surface area (Å²) < 4.78 is 44.2. The van der Waals surface area contributed by atoms with Crippen LogP contribution in [-0.2, 0) is 7.05 Å². The molecule has 4 aromatic rings. The molecule has 0 aliphatic carbocycles. The highest BCUT2D eigenvalue weighted by atomic mass is 35.5. The Kier molecular flexibility index (Phi) is 6.05. The smallest absolute Gasteiger partial charge is 0.412 e. The molecule has 0 saturated heterocycles. The molecule has 0 unspecified atom stereocenters. The van der Waals surface area contributed by atoms with Crippen LogP contribution in [0, 0.1) is 0 Å². The molecule has 34 heavy (non-hydrogen) atoms. The first kappa shape index (κ1) is 23.3. The number of aromatic nitrogens is 2. The van der Waals surface area contributed by atoms with E-state index in [-0.39, 0.29) is 33.0 Å². The monoisotopic (exact) mass is 487 g/mol. The van der Waals surface area contributed by atoms with Crippen LogP contribution in [0.1, 0.15) is 22.0 Å². The van der Waals surface area contributed by atoms with E-state index in [1.165, 1.54) is 41.9 Å². The minimum atomic E-state index is -4.88. The third kappa shape index (κ3) is 4.34. The quantitative estimate of drug-likeness (QED) is 0.379. The number of alkyl halides is 3. The molecule has 0 radical (unpaired) electrons. The molecular formula is C24H17ClF3N3O3. The van der Waals surface area contributed by atoms with E-state index in [1.807, 2.05) is 0 Å². The van der Waals surface area contributed by atoms with Gasteiger partial charge in [0.15, 0.2) is 6.04 Å². The summed E-state index contributed by atoms with van der Waals surface area (Å²) >= 11 is 6.12. The van der Waals surface area contributed by atoms with E-state index < -0.39 is 29.3 Å². The number of nitrogens with zero attached hydrogens (tertiary/aromatic N) is 2. The van der Waals surface area contributed by atoms with Crippen LogP contribution in [0.3, 0.4) is 0 Å². The molecule has 2 N–H and O–H groups in total. The highest BCUT2D eigenvalue weighted by Crippen LogP contribution is 2.40. The van der Waals surface area contributed by atoms with Gasteiger partial charge in [0.2, 0.25) is 0 Å². The molecule has 1 aromatic heterocycles. The van der Waals surface area contributed by atoms with Crippen LogP contribution in [0.2, 0.25) is 5.02 Å². The molecule has 174 valence electrons. The summed E-state index contributed by atoms with van der Waals surface area (Å²) in [4.78, 5) is 29.1. The van der Waals surface area contributed by atoms with E-state index in [0.29, 0.717) is 5.56 Å². The molecule has 0 spiro atoms. The van der Waals surface area contributed by atoms with Gasteiger partial charge in [-0.15, -0.1) is 0 Å². The summed E-state index contributed by atoms with van der Waals surface area (Å²) in [5.74, 6) is -1.22. The van der Waals surface area contributed by atoms with Crippen LogP contribution in [-0.4, -0.2) is 26.8 Å². The summed E-state index contributed by atoms with van der Waals surface area (Å²) in [6, 6.07) is 13.8. The number of fused-ring (bicyclic) bond motifs is 1. The predicted octanol–water partition coefficient (Wildman–Crippen LogP) is 5.67. The van der Waals surface area contributed by atoms with Crippen LogP contribution in [0.5, 0.6) is 0 Å². The lowest BCUT2D eigenvalue weighted by Crippen LogP contribution is -2.30. The zero-order chi connectivity index (χ0) is 24.6. The number of carboxylic acids is 1.